The summed E-state index contributed by atoms with van der Waals surface area (Å²) in [5.74, 6) is -0.824. The highest BCUT2D eigenvalue weighted by Gasteiger charge is 2.51. The zero-order chi connectivity index (χ0) is 30.5. The number of carbonyl (C=O) groups is 2. The SMILES string of the molecule is Cc1ccc(=O)n(-c2ccc(S(=O)(=O)[C@@H]3C[C@@H](C(=O)N(C#N)C4CC4)N(C(=O)OC(C)(C)C)C3)c(C(F)(F)F)c2)n1. The van der Waals surface area contributed by atoms with Crippen molar-refractivity contribution in [1.29, 1.82) is 5.26 Å². The van der Waals surface area contributed by atoms with Gasteiger partial charge in [-0.25, -0.2) is 18.1 Å². The fourth-order valence-electron chi connectivity index (χ4n) is 4.57. The quantitative estimate of drug-likeness (QED) is 0.379. The molecule has 0 N–H and O–H groups in total. The minimum Gasteiger partial charge on any atom is -0.444 e. The van der Waals surface area contributed by atoms with E-state index in [1.165, 1.54) is 13.0 Å². The van der Waals surface area contributed by atoms with Crippen LogP contribution in [0.3, 0.4) is 0 Å². The van der Waals surface area contributed by atoms with Crippen LogP contribution < -0.4 is 5.56 Å². The number of aryl methyl sites for hydroxylation is 1. The topological polar surface area (TPSA) is 143 Å². The van der Waals surface area contributed by atoms with Gasteiger partial charge in [-0.2, -0.15) is 28.2 Å². The van der Waals surface area contributed by atoms with Crippen LogP contribution in [0.4, 0.5) is 18.0 Å². The van der Waals surface area contributed by atoms with Gasteiger partial charge < -0.3 is 4.74 Å². The highest BCUT2D eigenvalue weighted by Crippen LogP contribution is 2.39. The van der Waals surface area contributed by atoms with Crippen molar-refractivity contribution in [2.45, 2.75) is 81.0 Å². The summed E-state index contributed by atoms with van der Waals surface area (Å²) in [5, 5.41) is 11.8. The third kappa shape index (κ3) is 6.22. The number of hydrogen-bond donors (Lipinski definition) is 0. The molecule has 0 bridgehead atoms. The molecule has 0 unspecified atom stereocenters. The summed E-state index contributed by atoms with van der Waals surface area (Å²) in [6.45, 7) is 5.58. The summed E-state index contributed by atoms with van der Waals surface area (Å²) in [7, 11) is -4.81. The molecule has 2 heterocycles. The highest BCUT2D eigenvalue weighted by atomic mass is 32.2. The Balaban J connectivity index is 1.76. The van der Waals surface area contributed by atoms with Crippen LogP contribution in [0.2, 0.25) is 0 Å². The van der Waals surface area contributed by atoms with Crippen LogP contribution in [0, 0.1) is 18.4 Å². The second kappa shape index (κ2) is 10.5. The summed E-state index contributed by atoms with van der Waals surface area (Å²) < 4.78 is 76.2. The first-order chi connectivity index (χ1) is 18.9. The van der Waals surface area contributed by atoms with Crippen molar-refractivity contribution in [2.75, 3.05) is 6.54 Å². The lowest BCUT2D eigenvalue weighted by atomic mass is 10.2. The number of likely N-dealkylation sites (tertiary alicyclic amines) is 1. The summed E-state index contributed by atoms with van der Waals surface area (Å²) >= 11 is 0. The molecule has 2 amide bonds. The smallest absolute Gasteiger partial charge is 0.417 e. The van der Waals surface area contributed by atoms with Gasteiger partial charge in [0.25, 0.3) is 11.5 Å². The lowest BCUT2D eigenvalue weighted by molar-refractivity contribution is -0.140. The van der Waals surface area contributed by atoms with E-state index < -0.39 is 73.9 Å². The average Bonchev–Trinajstić information content (AvgIpc) is 3.59. The van der Waals surface area contributed by atoms with Gasteiger partial charge in [0.15, 0.2) is 16.0 Å². The molecular weight excluding hydrogens is 567 g/mol. The molecule has 2 aliphatic rings. The van der Waals surface area contributed by atoms with Gasteiger partial charge in [-0.3, -0.25) is 14.5 Å². The molecule has 2 aromatic rings. The van der Waals surface area contributed by atoms with Crippen molar-refractivity contribution in [3.63, 3.8) is 0 Å². The summed E-state index contributed by atoms with van der Waals surface area (Å²) in [6.07, 6.45) is -3.83. The van der Waals surface area contributed by atoms with Crippen LogP contribution in [0.25, 0.3) is 5.69 Å². The number of benzene rings is 1. The molecule has 2 atom stereocenters. The molecular formula is C26H28F3N5O6S. The van der Waals surface area contributed by atoms with Gasteiger partial charge in [0.05, 0.1) is 27.1 Å². The number of aromatic nitrogens is 2. The fourth-order valence-corrected chi connectivity index (χ4v) is 6.46. The Morgan fingerprint density at radius 3 is 2.37 bits per heavy atom. The largest absolute Gasteiger partial charge is 0.444 e. The second-order valence-corrected chi connectivity index (χ2v) is 13.2. The Morgan fingerprint density at radius 1 is 1.15 bits per heavy atom. The fraction of sp³-hybridized carbons (Fsp3) is 0.500. The Bertz CT molecular complexity index is 1590. The number of hydrogen-bond acceptors (Lipinski definition) is 8. The van der Waals surface area contributed by atoms with Crippen molar-refractivity contribution in [2.24, 2.45) is 0 Å². The number of carbonyl (C=O) groups excluding carboxylic acids is 2. The van der Waals surface area contributed by atoms with E-state index in [0.29, 0.717) is 24.6 Å². The van der Waals surface area contributed by atoms with Gasteiger partial charge in [-0.05, 0) is 71.2 Å². The van der Waals surface area contributed by atoms with Gasteiger partial charge in [-0.15, -0.1) is 0 Å². The van der Waals surface area contributed by atoms with E-state index in [2.05, 4.69) is 5.10 Å². The first-order valence-electron chi connectivity index (χ1n) is 12.7. The minimum absolute atomic E-state index is 0.297. The number of ether oxygens (including phenoxy) is 1. The van der Waals surface area contributed by atoms with E-state index in [0.717, 1.165) is 32.7 Å². The maximum absolute atomic E-state index is 14.2. The van der Waals surface area contributed by atoms with Crippen molar-refractivity contribution in [3.05, 3.63) is 51.9 Å². The van der Waals surface area contributed by atoms with Gasteiger partial charge in [-0.1, -0.05) is 0 Å². The molecule has 2 fully saturated rings. The van der Waals surface area contributed by atoms with E-state index in [9.17, 15) is 41.2 Å². The molecule has 0 radical (unpaired) electrons. The maximum atomic E-state index is 14.2. The Morgan fingerprint density at radius 2 is 1.80 bits per heavy atom. The Labute approximate surface area is 234 Å². The normalized spacial score (nSPS) is 19.5. The Kier molecular flexibility index (Phi) is 7.68. The molecule has 0 spiro atoms. The van der Waals surface area contributed by atoms with Crippen LogP contribution in [0.5, 0.6) is 0 Å². The number of nitrogens with zero attached hydrogens (tertiary/aromatic N) is 5. The highest BCUT2D eigenvalue weighted by molar-refractivity contribution is 7.92. The molecule has 11 nitrogen and oxygen atoms in total. The lowest BCUT2D eigenvalue weighted by Crippen LogP contribution is -2.48. The molecule has 1 aliphatic heterocycles. The molecule has 4 rings (SSSR count). The van der Waals surface area contributed by atoms with Crippen LogP contribution in [-0.2, 0) is 25.5 Å². The standard InChI is InChI=1S/C26H28F3N5O6S/c1-15-5-10-22(35)34(31-15)17-8-9-21(19(11-17)26(27,28)29)41(38,39)18-12-20(23(36)33(14-30)16-6-7-16)32(13-18)24(37)40-25(2,3)4/h5,8-11,16,18,20H,6-7,12-13H2,1-4H3/t18-,20+/m1/s1. The average molecular weight is 596 g/mol. The first-order valence-corrected chi connectivity index (χ1v) is 14.2. The van der Waals surface area contributed by atoms with Crippen LogP contribution in [0.15, 0.2) is 40.0 Å². The molecule has 1 aromatic heterocycles. The van der Waals surface area contributed by atoms with E-state index >= 15 is 0 Å². The van der Waals surface area contributed by atoms with Crippen molar-refractivity contribution < 1.29 is 35.9 Å². The molecule has 220 valence electrons. The van der Waals surface area contributed by atoms with Crippen molar-refractivity contribution in [3.8, 4) is 11.9 Å². The number of nitriles is 1. The number of amides is 2. The molecule has 1 saturated heterocycles. The summed E-state index contributed by atoms with van der Waals surface area (Å²) in [5.41, 5.74) is -3.22. The van der Waals surface area contributed by atoms with E-state index in [1.807, 2.05) is 0 Å². The van der Waals surface area contributed by atoms with Gasteiger partial charge in [0, 0.05) is 18.7 Å². The number of alkyl halides is 3. The van der Waals surface area contributed by atoms with E-state index in [4.69, 9.17) is 4.74 Å². The van der Waals surface area contributed by atoms with E-state index in [1.54, 1.807) is 27.0 Å². The van der Waals surface area contributed by atoms with Gasteiger partial charge in [0.2, 0.25) is 0 Å². The predicted octanol–water partition coefficient (Wildman–Crippen LogP) is 3.18. The van der Waals surface area contributed by atoms with Crippen LogP contribution in [-0.4, -0.2) is 69.5 Å². The van der Waals surface area contributed by atoms with Crippen LogP contribution >= 0.6 is 0 Å². The summed E-state index contributed by atoms with van der Waals surface area (Å²) in [4.78, 5) is 39.2. The third-order valence-electron chi connectivity index (χ3n) is 6.63. The third-order valence-corrected chi connectivity index (χ3v) is 8.81. The second-order valence-electron chi connectivity index (χ2n) is 11.0. The first kappa shape index (κ1) is 30.0. The van der Waals surface area contributed by atoms with Crippen molar-refractivity contribution >= 4 is 21.8 Å². The molecule has 1 aliphatic carbocycles. The number of rotatable bonds is 5. The molecule has 1 aromatic carbocycles. The molecule has 1 saturated carbocycles. The predicted molar refractivity (Wildman–Crippen MR) is 137 cm³/mol. The zero-order valence-corrected chi connectivity index (χ0v) is 23.5. The minimum atomic E-state index is -5.14. The van der Waals surface area contributed by atoms with E-state index in [-0.39, 0.29) is 11.7 Å². The van der Waals surface area contributed by atoms with Crippen LogP contribution in [0.1, 0.15) is 51.3 Å². The van der Waals surface area contributed by atoms with Crippen molar-refractivity contribution in [1.82, 2.24) is 19.6 Å². The number of halogens is 3. The molecule has 15 heteroatoms. The lowest BCUT2D eigenvalue weighted by Gasteiger charge is -2.29. The zero-order valence-electron chi connectivity index (χ0n) is 22.7. The van der Waals surface area contributed by atoms with Gasteiger partial charge in [0.1, 0.15) is 11.6 Å². The van der Waals surface area contributed by atoms with Gasteiger partial charge >= 0.3 is 12.3 Å². The Hall–Kier alpha value is -3.93. The monoisotopic (exact) mass is 595 g/mol. The summed E-state index contributed by atoms with van der Waals surface area (Å²) in [6, 6.07) is 2.97. The maximum Gasteiger partial charge on any atom is 0.417 e. The molecule has 41 heavy (non-hydrogen) atoms. The number of sulfone groups is 1.